The summed E-state index contributed by atoms with van der Waals surface area (Å²) in [6.45, 7) is 0.0983. The second-order valence-corrected chi connectivity index (χ2v) is 7.06. The first-order valence-electron chi connectivity index (χ1n) is 9.71. The molecule has 1 aliphatic carbocycles. The molecular weight excluding hydrogens is 388 g/mol. The highest BCUT2D eigenvalue weighted by Gasteiger charge is 2.28. The van der Waals surface area contributed by atoms with Gasteiger partial charge >= 0.3 is 12.1 Å². The first-order valence-corrected chi connectivity index (χ1v) is 9.71. The molecular formula is C22H24N2O6. The average Bonchev–Trinajstić information content (AvgIpc) is 3.04. The van der Waals surface area contributed by atoms with Gasteiger partial charge in [0.25, 0.3) is 0 Å². The number of nitrogens with one attached hydrogen (secondary N) is 2. The molecule has 0 fully saturated rings. The molecule has 0 saturated heterocycles. The normalized spacial score (nSPS) is 13.1. The summed E-state index contributed by atoms with van der Waals surface area (Å²) in [7, 11) is 0. The van der Waals surface area contributed by atoms with E-state index >= 15 is 0 Å². The standard InChI is InChI=1S/C22H24N2O6/c25-14(11-21(27)28)12-24-20(26)9-10-23-22(29)30-13-19-17-7-3-1-5-15(17)16-6-2-4-8-18(16)19/h1-8,14,19,25H,9-13H2,(H,23,29)(H,24,26)(H,27,28). The topological polar surface area (TPSA) is 125 Å². The lowest BCUT2D eigenvalue weighted by molar-refractivity contribution is -0.139. The zero-order valence-electron chi connectivity index (χ0n) is 16.3. The molecule has 0 heterocycles. The molecule has 1 atom stereocenters. The van der Waals surface area contributed by atoms with Crippen molar-refractivity contribution in [1.29, 1.82) is 0 Å². The van der Waals surface area contributed by atoms with Crippen molar-refractivity contribution < 1.29 is 29.3 Å². The van der Waals surface area contributed by atoms with Crippen molar-refractivity contribution >= 4 is 18.0 Å². The molecule has 8 heteroatoms. The van der Waals surface area contributed by atoms with E-state index in [1.54, 1.807) is 0 Å². The third-order valence-corrected chi connectivity index (χ3v) is 4.91. The Morgan fingerprint density at radius 3 is 2.17 bits per heavy atom. The summed E-state index contributed by atoms with van der Waals surface area (Å²) >= 11 is 0. The number of ether oxygens (including phenoxy) is 1. The molecule has 0 spiro atoms. The Kier molecular flexibility index (Phi) is 7.03. The molecule has 30 heavy (non-hydrogen) atoms. The molecule has 2 amide bonds. The maximum atomic E-state index is 12.0. The summed E-state index contributed by atoms with van der Waals surface area (Å²) in [4.78, 5) is 34.2. The van der Waals surface area contributed by atoms with Crippen LogP contribution in [0.15, 0.2) is 48.5 Å². The fraction of sp³-hybridized carbons (Fsp3) is 0.318. The number of hydrogen-bond acceptors (Lipinski definition) is 5. The van der Waals surface area contributed by atoms with Gasteiger partial charge in [-0.15, -0.1) is 0 Å². The summed E-state index contributed by atoms with van der Waals surface area (Å²) in [6, 6.07) is 16.1. The molecule has 2 aromatic carbocycles. The first-order chi connectivity index (χ1) is 14.5. The number of alkyl carbamates (subject to hydrolysis) is 1. The van der Waals surface area contributed by atoms with Crippen molar-refractivity contribution in [2.75, 3.05) is 19.7 Å². The van der Waals surface area contributed by atoms with Crippen LogP contribution in [0, 0.1) is 0 Å². The Morgan fingerprint density at radius 2 is 1.57 bits per heavy atom. The fourth-order valence-corrected chi connectivity index (χ4v) is 3.52. The Labute approximate surface area is 173 Å². The number of carbonyl (C=O) groups excluding carboxylic acids is 2. The van der Waals surface area contributed by atoms with Crippen LogP contribution in [0.3, 0.4) is 0 Å². The van der Waals surface area contributed by atoms with E-state index in [0.29, 0.717) is 0 Å². The smallest absolute Gasteiger partial charge is 0.407 e. The molecule has 8 nitrogen and oxygen atoms in total. The number of fused-ring (bicyclic) bond motifs is 3. The van der Waals surface area contributed by atoms with Crippen LogP contribution in [0.4, 0.5) is 4.79 Å². The molecule has 0 saturated carbocycles. The Morgan fingerprint density at radius 1 is 0.967 bits per heavy atom. The zero-order chi connectivity index (χ0) is 21.5. The molecule has 0 aromatic heterocycles. The quantitative estimate of drug-likeness (QED) is 0.498. The lowest BCUT2D eigenvalue weighted by atomic mass is 9.98. The van der Waals surface area contributed by atoms with Crippen molar-refractivity contribution in [3.63, 3.8) is 0 Å². The number of aliphatic hydroxyl groups is 1. The highest BCUT2D eigenvalue weighted by molar-refractivity contribution is 5.79. The number of amides is 2. The van der Waals surface area contributed by atoms with Gasteiger partial charge < -0.3 is 25.6 Å². The first kappa shape index (κ1) is 21.3. The van der Waals surface area contributed by atoms with Crippen molar-refractivity contribution in [2.45, 2.75) is 24.9 Å². The highest BCUT2D eigenvalue weighted by atomic mass is 16.5. The number of rotatable bonds is 9. The van der Waals surface area contributed by atoms with E-state index in [1.807, 2.05) is 36.4 Å². The number of hydrogen-bond donors (Lipinski definition) is 4. The van der Waals surface area contributed by atoms with Crippen LogP contribution < -0.4 is 10.6 Å². The zero-order valence-corrected chi connectivity index (χ0v) is 16.3. The highest BCUT2D eigenvalue weighted by Crippen LogP contribution is 2.44. The molecule has 0 bridgehead atoms. The second-order valence-electron chi connectivity index (χ2n) is 7.06. The average molecular weight is 412 g/mol. The minimum Gasteiger partial charge on any atom is -0.481 e. The second kappa shape index (κ2) is 9.89. The summed E-state index contributed by atoms with van der Waals surface area (Å²) < 4.78 is 5.38. The van der Waals surface area contributed by atoms with Crippen molar-refractivity contribution in [3.05, 3.63) is 59.7 Å². The van der Waals surface area contributed by atoms with E-state index in [4.69, 9.17) is 9.84 Å². The third kappa shape index (κ3) is 5.36. The van der Waals surface area contributed by atoms with Gasteiger partial charge in [-0.3, -0.25) is 9.59 Å². The lowest BCUT2D eigenvalue weighted by Gasteiger charge is -2.14. The van der Waals surface area contributed by atoms with Gasteiger partial charge in [0, 0.05) is 25.4 Å². The number of benzene rings is 2. The number of aliphatic carboxylic acids is 1. The largest absolute Gasteiger partial charge is 0.481 e. The molecule has 3 rings (SSSR count). The minimum atomic E-state index is -1.15. The number of carbonyl (C=O) groups is 3. The maximum Gasteiger partial charge on any atom is 0.407 e. The van der Waals surface area contributed by atoms with Gasteiger partial charge in [-0.25, -0.2) is 4.79 Å². The van der Waals surface area contributed by atoms with E-state index < -0.39 is 30.5 Å². The van der Waals surface area contributed by atoms with Crippen LogP contribution in [-0.2, 0) is 14.3 Å². The summed E-state index contributed by atoms with van der Waals surface area (Å²) in [6.07, 6.45) is -2.22. The molecule has 1 aliphatic rings. The number of carboxylic acid groups (broad SMARTS) is 1. The molecule has 0 aliphatic heterocycles. The van der Waals surface area contributed by atoms with Gasteiger partial charge in [-0.05, 0) is 22.3 Å². The van der Waals surface area contributed by atoms with Crippen LogP contribution in [0.25, 0.3) is 11.1 Å². The molecule has 0 radical (unpaired) electrons. The van der Waals surface area contributed by atoms with Gasteiger partial charge in [0.2, 0.25) is 5.91 Å². The molecule has 158 valence electrons. The van der Waals surface area contributed by atoms with Gasteiger partial charge in [0.05, 0.1) is 12.5 Å². The van der Waals surface area contributed by atoms with Crippen LogP contribution >= 0.6 is 0 Å². The number of carboxylic acids is 1. The predicted octanol–water partition coefficient (Wildman–Crippen LogP) is 1.87. The molecule has 2 aromatic rings. The van der Waals surface area contributed by atoms with Gasteiger partial charge in [-0.2, -0.15) is 0 Å². The van der Waals surface area contributed by atoms with Gasteiger partial charge in [-0.1, -0.05) is 48.5 Å². The summed E-state index contributed by atoms with van der Waals surface area (Å²) in [5.74, 6) is -1.59. The van der Waals surface area contributed by atoms with Gasteiger partial charge in [0.1, 0.15) is 6.61 Å². The van der Waals surface area contributed by atoms with Crippen LogP contribution in [0.1, 0.15) is 29.9 Å². The fourth-order valence-electron chi connectivity index (χ4n) is 3.52. The van der Waals surface area contributed by atoms with E-state index in [-0.39, 0.29) is 32.0 Å². The van der Waals surface area contributed by atoms with E-state index in [1.165, 1.54) is 0 Å². The van der Waals surface area contributed by atoms with Crippen molar-refractivity contribution in [3.8, 4) is 11.1 Å². The van der Waals surface area contributed by atoms with Crippen molar-refractivity contribution in [2.24, 2.45) is 0 Å². The van der Waals surface area contributed by atoms with Crippen molar-refractivity contribution in [1.82, 2.24) is 10.6 Å². The Bertz CT molecular complexity index is 884. The third-order valence-electron chi connectivity index (χ3n) is 4.91. The lowest BCUT2D eigenvalue weighted by Crippen LogP contribution is -2.36. The van der Waals surface area contributed by atoms with Crippen LogP contribution in [0.2, 0.25) is 0 Å². The predicted molar refractivity (Wildman–Crippen MR) is 109 cm³/mol. The molecule has 1 unspecified atom stereocenters. The maximum absolute atomic E-state index is 12.0. The van der Waals surface area contributed by atoms with E-state index in [9.17, 15) is 19.5 Å². The van der Waals surface area contributed by atoms with E-state index in [2.05, 4.69) is 22.8 Å². The van der Waals surface area contributed by atoms with E-state index in [0.717, 1.165) is 22.3 Å². The molecule has 4 N–H and O–H groups in total. The summed E-state index contributed by atoms with van der Waals surface area (Å²) in [5.41, 5.74) is 4.52. The van der Waals surface area contributed by atoms with Crippen LogP contribution in [0.5, 0.6) is 0 Å². The van der Waals surface area contributed by atoms with Crippen LogP contribution in [-0.4, -0.2) is 54.0 Å². The minimum absolute atomic E-state index is 0.00993. The Hall–Kier alpha value is -3.39. The summed E-state index contributed by atoms with van der Waals surface area (Å²) in [5, 5.41) is 22.9. The SMILES string of the molecule is O=C(O)CC(O)CNC(=O)CCNC(=O)OCC1c2ccccc2-c2ccccc21. The van der Waals surface area contributed by atoms with Gasteiger partial charge in [0.15, 0.2) is 0 Å². The number of aliphatic hydroxyl groups excluding tert-OH is 1. The Balaban J connectivity index is 1.42. The monoisotopic (exact) mass is 412 g/mol.